The van der Waals surface area contributed by atoms with E-state index in [9.17, 15) is 4.79 Å². The summed E-state index contributed by atoms with van der Waals surface area (Å²) in [6, 6.07) is 19.1. The van der Waals surface area contributed by atoms with Gasteiger partial charge in [0.25, 0.3) is 0 Å². The molecule has 2 aromatic rings. The number of likely N-dealkylation sites (tertiary alicyclic amines) is 1. The monoisotopic (exact) mass is 409 g/mol. The van der Waals surface area contributed by atoms with Gasteiger partial charge in [-0.15, -0.1) is 0 Å². The predicted molar refractivity (Wildman–Crippen MR) is 121 cm³/mol. The van der Waals surface area contributed by atoms with Gasteiger partial charge in [0.05, 0.1) is 12.6 Å². The molecule has 3 rings (SSSR count). The molecule has 30 heavy (non-hydrogen) atoms. The Hall–Kier alpha value is -2.49. The lowest BCUT2D eigenvalue weighted by Crippen LogP contribution is -2.39. The van der Waals surface area contributed by atoms with E-state index in [0.29, 0.717) is 13.2 Å². The standard InChI is InChI=1S/C26H35NO3/c1-2-3-20-29-26(28)27-19-11-17-24(27)21-30-25-18-10-9-16-23(25)15-8-7-14-22-12-5-4-6-13-22/h4-6,9-10,12-13,16,18,24H,2-3,7-8,11,14-15,17,19-21H2,1H3. The van der Waals surface area contributed by atoms with E-state index >= 15 is 0 Å². The fraction of sp³-hybridized carbons (Fsp3) is 0.500. The Morgan fingerprint density at radius 2 is 1.77 bits per heavy atom. The minimum absolute atomic E-state index is 0.102. The predicted octanol–water partition coefficient (Wildman–Crippen LogP) is 6.03. The molecule has 1 saturated heterocycles. The smallest absolute Gasteiger partial charge is 0.410 e. The van der Waals surface area contributed by atoms with Crippen LogP contribution in [0.1, 0.15) is 56.6 Å². The lowest BCUT2D eigenvalue weighted by atomic mass is 10.0. The molecule has 1 fully saturated rings. The molecule has 1 aliphatic heterocycles. The van der Waals surface area contributed by atoms with Crippen molar-refractivity contribution < 1.29 is 14.3 Å². The second-order valence-corrected chi connectivity index (χ2v) is 8.07. The minimum atomic E-state index is -0.191. The first-order chi connectivity index (χ1) is 14.8. The van der Waals surface area contributed by atoms with Gasteiger partial charge in [-0.25, -0.2) is 4.79 Å². The Morgan fingerprint density at radius 1 is 1.00 bits per heavy atom. The van der Waals surface area contributed by atoms with Crippen LogP contribution in [-0.4, -0.2) is 36.8 Å². The molecule has 0 radical (unpaired) electrons. The summed E-state index contributed by atoms with van der Waals surface area (Å²) in [4.78, 5) is 14.2. The first-order valence-corrected chi connectivity index (χ1v) is 11.5. The van der Waals surface area contributed by atoms with Crippen LogP contribution in [0.15, 0.2) is 54.6 Å². The first-order valence-electron chi connectivity index (χ1n) is 11.5. The quantitative estimate of drug-likeness (QED) is 0.425. The largest absolute Gasteiger partial charge is 0.491 e. The van der Waals surface area contributed by atoms with Gasteiger partial charge in [0.1, 0.15) is 12.4 Å². The van der Waals surface area contributed by atoms with E-state index in [4.69, 9.17) is 9.47 Å². The van der Waals surface area contributed by atoms with Crippen LogP contribution in [-0.2, 0) is 17.6 Å². The molecule has 4 nitrogen and oxygen atoms in total. The van der Waals surface area contributed by atoms with Crippen molar-refractivity contribution in [2.24, 2.45) is 0 Å². The number of ether oxygens (including phenoxy) is 2. The molecule has 1 heterocycles. The zero-order valence-electron chi connectivity index (χ0n) is 18.2. The van der Waals surface area contributed by atoms with E-state index in [0.717, 1.165) is 57.2 Å². The van der Waals surface area contributed by atoms with Gasteiger partial charge in [-0.05, 0) is 62.1 Å². The van der Waals surface area contributed by atoms with E-state index in [1.54, 1.807) is 0 Å². The van der Waals surface area contributed by atoms with E-state index in [1.165, 1.54) is 17.5 Å². The number of nitrogens with zero attached hydrogens (tertiary/aromatic N) is 1. The molecule has 1 atom stereocenters. The number of amides is 1. The van der Waals surface area contributed by atoms with Crippen molar-refractivity contribution in [1.29, 1.82) is 0 Å². The third-order valence-corrected chi connectivity index (χ3v) is 5.74. The van der Waals surface area contributed by atoms with E-state index in [-0.39, 0.29) is 12.1 Å². The number of aryl methyl sites for hydroxylation is 2. The molecule has 0 aliphatic carbocycles. The van der Waals surface area contributed by atoms with Crippen molar-refractivity contribution in [1.82, 2.24) is 4.90 Å². The zero-order chi connectivity index (χ0) is 21.0. The van der Waals surface area contributed by atoms with Crippen molar-refractivity contribution in [3.8, 4) is 5.75 Å². The number of para-hydroxylation sites is 1. The average Bonchev–Trinajstić information content (AvgIpc) is 3.25. The highest BCUT2D eigenvalue weighted by Gasteiger charge is 2.30. The van der Waals surface area contributed by atoms with Gasteiger partial charge in [-0.3, -0.25) is 0 Å². The van der Waals surface area contributed by atoms with Gasteiger partial charge in [0.2, 0.25) is 0 Å². The highest BCUT2D eigenvalue weighted by atomic mass is 16.6. The number of rotatable bonds is 11. The van der Waals surface area contributed by atoms with Crippen LogP contribution in [0.5, 0.6) is 5.75 Å². The van der Waals surface area contributed by atoms with Crippen LogP contribution >= 0.6 is 0 Å². The average molecular weight is 410 g/mol. The van der Waals surface area contributed by atoms with Gasteiger partial charge >= 0.3 is 6.09 Å². The molecular weight excluding hydrogens is 374 g/mol. The Balaban J connectivity index is 1.46. The summed E-state index contributed by atoms with van der Waals surface area (Å²) in [6.45, 7) is 3.90. The maximum atomic E-state index is 12.3. The molecule has 1 amide bonds. The van der Waals surface area contributed by atoms with Crippen LogP contribution < -0.4 is 4.74 Å². The van der Waals surface area contributed by atoms with Crippen LogP contribution in [0.4, 0.5) is 4.79 Å². The maximum Gasteiger partial charge on any atom is 0.410 e. The van der Waals surface area contributed by atoms with Gasteiger partial charge in [-0.2, -0.15) is 0 Å². The molecule has 1 unspecified atom stereocenters. The van der Waals surface area contributed by atoms with Crippen LogP contribution in [0.3, 0.4) is 0 Å². The first kappa shape index (κ1) is 22.2. The van der Waals surface area contributed by atoms with Crippen LogP contribution in [0.2, 0.25) is 0 Å². The van der Waals surface area contributed by atoms with Crippen LogP contribution in [0, 0.1) is 0 Å². The fourth-order valence-electron chi connectivity index (χ4n) is 3.96. The molecule has 0 spiro atoms. The Morgan fingerprint density at radius 3 is 2.60 bits per heavy atom. The highest BCUT2D eigenvalue weighted by molar-refractivity contribution is 5.68. The second-order valence-electron chi connectivity index (χ2n) is 8.07. The molecular formula is C26H35NO3. The molecule has 0 saturated carbocycles. The summed E-state index contributed by atoms with van der Waals surface area (Å²) in [5.74, 6) is 0.948. The Labute approximate surface area is 181 Å². The van der Waals surface area contributed by atoms with E-state index in [2.05, 4.69) is 49.4 Å². The number of unbranched alkanes of at least 4 members (excludes halogenated alkanes) is 2. The summed E-state index contributed by atoms with van der Waals surface area (Å²) >= 11 is 0. The van der Waals surface area contributed by atoms with Crippen molar-refractivity contribution in [2.45, 2.75) is 64.3 Å². The van der Waals surface area contributed by atoms with Gasteiger partial charge in [-0.1, -0.05) is 61.9 Å². The normalized spacial score (nSPS) is 15.9. The number of carbonyl (C=O) groups is 1. The molecule has 2 aromatic carbocycles. The zero-order valence-corrected chi connectivity index (χ0v) is 18.2. The Bertz CT molecular complexity index is 762. The number of hydrogen-bond acceptors (Lipinski definition) is 3. The molecule has 0 aromatic heterocycles. The lowest BCUT2D eigenvalue weighted by Gasteiger charge is -2.24. The molecule has 0 bridgehead atoms. The third-order valence-electron chi connectivity index (χ3n) is 5.74. The number of hydrogen-bond donors (Lipinski definition) is 0. The Kier molecular flexibility index (Phi) is 9.07. The lowest BCUT2D eigenvalue weighted by molar-refractivity contribution is 0.0866. The summed E-state index contributed by atoms with van der Waals surface area (Å²) in [5.41, 5.74) is 2.65. The van der Waals surface area contributed by atoms with Crippen molar-refractivity contribution in [2.75, 3.05) is 19.8 Å². The topological polar surface area (TPSA) is 38.8 Å². The molecule has 4 heteroatoms. The fourth-order valence-corrected chi connectivity index (χ4v) is 3.96. The summed E-state index contributed by atoms with van der Waals surface area (Å²) in [7, 11) is 0. The van der Waals surface area contributed by atoms with Crippen LogP contribution in [0.25, 0.3) is 0 Å². The van der Waals surface area contributed by atoms with Gasteiger partial charge in [0.15, 0.2) is 0 Å². The molecule has 1 aliphatic rings. The number of benzene rings is 2. The summed E-state index contributed by atoms with van der Waals surface area (Å²) in [5, 5.41) is 0. The highest BCUT2D eigenvalue weighted by Crippen LogP contribution is 2.24. The summed E-state index contributed by atoms with van der Waals surface area (Å²) in [6.07, 6.45) is 8.16. The van der Waals surface area contributed by atoms with Gasteiger partial charge in [0, 0.05) is 6.54 Å². The van der Waals surface area contributed by atoms with Gasteiger partial charge < -0.3 is 14.4 Å². The third kappa shape index (κ3) is 6.79. The van der Waals surface area contributed by atoms with Crippen molar-refractivity contribution in [3.05, 3.63) is 65.7 Å². The molecule has 0 N–H and O–H groups in total. The summed E-state index contributed by atoms with van der Waals surface area (Å²) < 4.78 is 11.6. The number of carbonyl (C=O) groups excluding carboxylic acids is 1. The second kappa shape index (κ2) is 12.3. The molecule has 162 valence electrons. The van der Waals surface area contributed by atoms with Crippen molar-refractivity contribution in [3.63, 3.8) is 0 Å². The van der Waals surface area contributed by atoms with Crippen molar-refractivity contribution >= 4 is 6.09 Å². The minimum Gasteiger partial charge on any atom is -0.491 e. The maximum absolute atomic E-state index is 12.3. The van der Waals surface area contributed by atoms with E-state index in [1.807, 2.05) is 17.0 Å². The van der Waals surface area contributed by atoms with E-state index < -0.39 is 0 Å². The SMILES string of the molecule is CCCCOC(=O)N1CCCC1COc1ccccc1CCCCc1ccccc1.